The van der Waals surface area contributed by atoms with Crippen molar-refractivity contribution in [3.63, 3.8) is 0 Å². The molecule has 16 heavy (non-hydrogen) atoms. The van der Waals surface area contributed by atoms with E-state index >= 15 is 0 Å². The van der Waals surface area contributed by atoms with Gasteiger partial charge in [0.15, 0.2) is 0 Å². The minimum atomic E-state index is 0.858. The van der Waals surface area contributed by atoms with Gasteiger partial charge in [0.25, 0.3) is 0 Å². The number of thiophene rings is 1. The zero-order valence-corrected chi connectivity index (χ0v) is 11.4. The molecule has 2 N–H and O–H groups in total. The van der Waals surface area contributed by atoms with Crippen LogP contribution in [0, 0.1) is 0 Å². The van der Waals surface area contributed by atoms with E-state index in [2.05, 4.69) is 62.3 Å². The van der Waals surface area contributed by atoms with E-state index in [0.29, 0.717) is 0 Å². The number of hydrogen-bond acceptors (Lipinski definition) is 3. The zero-order valence-electron chi connectivity index (χ0n) is 8.96. The summed E-state index contributed by atoms with van der Waals surface area (Å²) in [4.78, 5) is 0. The summed E-state index contributed by atoms with van der Waals surface area (Å²) in [5.74, 6) is 0. The van der Waals surface area contributed by atoms with E-state index in [9.17, 15) is 0 Å². The molecule has 4 heteroatoms. The third-order valence-electron chi connectivity index (χ3n) is 2.28. The maximum absolute atomic E-state index is 3.44. The van der Waals surface area contributed by atoms with E-state index in [1.165, 1.54) is 10.6 Å². The minimum absolute atomic E-state index is 0.858. The normalized spacial score (nSPS) is 10.1. The van der Waals surface area contributed by atoms with Gasteiger partial charge in [0, 0.05) is 29.1 Å². The molecule has 0 aliphatic heterocycles. The van der Waals surface area contributed by atoms with Gasteiger partial charge in [-0.1, -0.05) is 12.1 Å². The summed E-state index contributed by atoms with van der Waals surface area (Å²) in [7, 11) is 1.93. The van der Waals surface area contributed by atoms with Crippen LogP contribution in [0.5, 0.6) is 0 Å². The van der Waals surface area contributed by atoms with Crippen molar-refractivity contribution in [2.75, 3.05) is 17.7 Å². The highest BCUT2D eigenvalue weighted by Crippen LogP contribution is 2.24. The van der Waals surface area contributed by atoms with Crippen LogP contribution in [0.1, 0.15) is 5.56 Å². The topological polar surface area (TPSA) is 24.1 Å². The van der Waals surface area contributed by atoms with Gasteiger partial charge in [0.05, 0.1) is 5.00 Å². The Morgan fingerprint density at radius 2 is 2.00 bits per heavy atom. The summed E-state index contributed by atoms with van der Waals surface area (Å²) in [6, 6.07) is 10.5. The Balaban J connectivity index is 1.94. The molecule has 0 bridgehead atoms. The Kier molecular flexibility index (Phi) is 3.85. The van der Waals surface area contributed by atoms with Crippen molar-refractivity contribution in [2.45, 2.75) is 6.54 Å². The minimum Gasteiger partial charge on any atom is -0.388 e. The lowest BCUT2D eigenvalue weighted by Gasteiger charge is -2.05. The smallest absolute Gasteiger partial charge is 0.0896 e. The molecule has 0 radical (unpaired) electrons. The number of halogens is 1. The molecule has 0 spiro atoms. The van der Waals surface area contributed by atoms with E-state index in [0.717, 1.165) is 16.7 Å². The van der Waals surface area contributed by atoms with Crippen molar-refractivity contribution in [3.05, 3.63) is 45.7 Å². The molecule has 0 amide bonds. The van der Waals surface area contributed by atoms with Gasteiger partial charge in [-0.25, -0.2) is 0 Å². The summed E-state index contributed by atoms with van der Waals surface area (Å²) >= 11 is 5.15. The fourth-order valence-electron chi connectivity index (χ4n) is 1.38. The molecule has 1 aromatic carbocycles. The number of rotatable bonds is 4. The molecule has 2 rings (SSSR count). The van der Waals surface area contributed by atoms with Gasteiger partial charge in [-0.15, -0.1) is 11.3 Å². The molecule has 0 aliphatic carbocycles. The van der Waals surface area contributed by atoms with E-state index < -0.39 is 0 Å². The van der Waals surface area contributed by atoms with Crippen LogP contribution in [-0.2, 0) is 6.54 Å². The van der Waals surface area contributed by atoms with Crippen LogP contribution in [0.15, 0.2) is 40.2 Å². The van der Waals surface area contributed by atoms with Gasteiger partial charge < -0.3 is 10.6 Å². The molecule has 0 atom stereocenters. The van der Waals surface area contributed by atoms with E-state index in [1.807, 2.05) is 7.05 Å². The third-order valence-corrected chi connectivity index (χ3v) is 3.93. The van der Waals surface area contributed by atoms with Crippen LogP contribution >= 0.6 is 27.3 Å². The molecule has 0 saturated heterocycles. The molecule has 0 unspecified atom stereocenters. The predicted molar refractivity (Wildman–Crippen MR) is 75.3 cm³/mol. The molecule has 1 aromatic heterocycles. The Labute approximate surface area is 108 Å². The van der Waals surface area contributed by atoms with Gasteiger partial charge in [-0.05, 0) is 39.7 Å². The first-order valence-corrected chi connectivity index (χ1v) is 6.70. The molecule has 84 valence electrons. The fourth-order valence-corrected chi connectivity index (χ4v) is 2.70. The second kappa shape index (κ2) is 5.37. The van der Waals surface area contributed by atoms with Gasteiger partial charge in [-0.2, -0.15) is 0 Å². The summed E-state index contributed by atoms with van der Waals surface area (Å²) in [5, 5.41) is 9.75. The molecule has 0 fully saturated rings. The lowest BCUT2D eigenvalue weighted by Crippen LogP contribution is -1.97. The zero-order chi connectivity index (χ0) is 11.4. The van der Waals surface area contributed by atoms with E-state index in [4.69, 9.17) is 0 Å². The summed E-state index contributed by atoms with van der Waals surface area (Å²) in [6.07, 6.45) is 0. The number of benzene rings is 1. The highest BCUT2D eigenvalue weighted by atomic mass is 79.9. The molecular formula is C12H13BrN2S. The first-order chi connectivity index (χ1) is 7.78. The van der Waals surface area contributed by atoms with Crippen molar-refractivity contribution in [2.24, 2.45) is 0 Å². The van der Waals surface area contributed by atoms with Crippen molar-refractivity contribution in [3.8, 4) is 0 Å². The molecule has 0 saturated carbocycles. The first kappa shape index (κ1) is 11.5. The van der Waals surface area contributed by atoms with Gasteiger partial charge in [-0.3, -0.25) is 0 Å². The van der Waals surface area contributed by atoms with Crippen LogP contribution in [0.2, 0.25) is 0 Å². The van der Waals surface area contributed by atoms with Crippen LogP contribution in [0.4, 0.5) is 10.7 Å². The molecule has 1 heterocycles. The highest BCUT2D eigenvalue weighted by Gasteiger charge is 1.97. The van der Waals surface area contributed by atoms with Crippen molar-refractivity contribution in [1.82, 2.24) is 0 Å². The highest BCUT2D eigenvalue weighted by molar-refractivity contribution is 9.10. The van der Waals surface area contributed by atoms with Crippen LogP contribution in [0.3, 0.4) is 0 Å². The lowest BCUT2D eigenvalue weighted by atomic mass is 10.2. The van der Waals surface area contributed by atoms with E-state index in [1.54, 1.807) is 11.3 Å². The maximum Gasteiger partial charge on any atom is 0.0896 e. The fraction of sp³-hybridized carbons (Fsp3) is 0.167. The summed E-state index contributed by atoms with van der Waals surface area (Å²) in [5.41, 5.74) is 2.42. The van der Waals surface area contributed by atoms with Crippen molar-refractivity contribution in [1.29, 1.82) is 0 Å². The van der Waals surface area contributed by atoms with Crippen molar-refractivity contribution < 1.29 is 0 Å². The van der Waals surface area contributed by atoms with Gasteiger partial charge >= 0.3 is 0 Å². The largest absolute Gasteiger partial charge is 0.388 e. The lowest BCUT2D eigenvalue weighted by molar-refractivity contribution is 1.16. The Hall–Kier alpha value is -1.00. The van der Waals surface area contributed by atoms with Crippen LogP contribution in [-0.4, -0.2) is 7.05 Å². The Morgan fingerprint density at radius 1 is 1.25 bits per heavy atom. The van der Waals surface area contributed by atoms with Crippen LogP contribution in [0.25, 0.3) is 0 Å². The third kappa shape index (κ3) is 3.00. The average Bonchev–Trinajstić information content (AvgIpc) is 2.73. The monoisotopic (exact) mass is 296 g/mol. The number of nitrogens with one attached hydrogen (secondary N) is 2. The molecule has 0 aliphatic rings. The SMILES string of the molecule is CNc1ccc(CNc2cc(Br)cs2)cc1. The van der Waals surface area contributed by atoms with Gasteiger partial charge in [0.2, 0.25) is 0 Å². The Morgan fingerprint density at radius 3 is 2.56 bits per heavy atom. The number of hydrogen-bond donors (Lipinski definition) is 2. The molecular weight excluding hydrogens is 284 g/mol. The Bertz CT molecular complexity index is 450. The summed E-state index contributed by atoms with van der Waals surface area (Å²) < 4.78 is 1.13. The van der Waals surface area contributed by atoms with Gasteiger partial charge in [0.1, 0.15) is 0 Å². The average molecular weight is 297 g/mol. The second-order valence-electron chi connectivity index (χ2n) is 3.43. The molecule has 2 nitrogen and oxygen atoms in total. The quantitative estimate of drug-likeness (QED) is 0.885. The standard InChI is InChI=1S/C12H13BrN2S/c1-14-11-4-2-9(3-5-11)7-15-12-6-10(13)8-16-12/h2-6,8,14-15H,7H2,1H3. The van der Waals surface area contributed by atoms with Crippen molar-refractivity contribution >= 4 is 38.0 Å². The summed E-state index contributed by atoms with van der Waals surface area (Å²) in [6.45, 7) is 0.858. The maximum atomic E-state index is 3.44. The molecule has 2 aromatic rings. The van der Waals surface area contributed by atoms with Crippen LogP contribution < -0.4 is 10.6 Å². The predicted octanol–water partition coefficient (Wildman–Crippen LogP) is 4.16. The second-order valence-corrected chi connectivity index (χ2v) is 5.26. The number of anilines is 2. The van der Waals surface area contributed by atoms with E-state index in [-0.39, 0.29) is 0 Å². The first-order valence-electron chi connectivity index (χ1n) is 5.02.